The van der Waals surface area contributed by atoms with Crippen molar-refractivity contribution in [2.24, 2.45) is 0 Å². The summed E-state index contributed by atoms with van der Waals surface area (Å²) >= 11 is 0. The molecular weight excluding hydrogens is 716 g/mol. The summed E-state index contributed by atoms with van der Waals surface area (Å²) in [5.41, 5.74) is -1.29. The van der Waals surface area contributed by atoms with Gasteiger partial charge < -0.3 is 93.7 Å². The lowest BCUT2D eigenvalue weighted by atomic mass is 9.97. The zero-order valence-corrected chi connectivity index (χ0v) is 28.0. The molecule has 3 saturated heterocycles. The molecule has 2 aromatic carbocycles. The van der Waals surface area contributed by atoms with E-state index in [4.69, 9.17) is 37.6 Å². The lowest BCUT2D eigenvalue weighted by molar-refractivity contribution is -0.348. The van der Waals surface area contributed by atoms with Crippen molar-refractivity contribution in [3.63, 3.8) is 0 Å². The summed E-state index contributed by atoms with van der Waals surface area (Å²) < 4.78 is 45.0. The Morgan fingerprint density at radius 2 is 1.49 bits per heavy atom. The molecule has 0 aliphatic carbocycles. The van der Waals surface area contributed by atoms with Crippen LogP contribution in [0.5, 0.6) is 28.7 Å². The van der Waals surface area contributed by atoms with Gasteiger partial charge in [-0.3, -0.25) is 4.79 Å². The van der Waals surface area contributed by atoms with E-state index in [2.05, 4.69) is 0 Å². The second kappa shape index (κ2) is 15.5. The van der Waals surface area contributed by atoms with Gasteiger partial charge in [-0.25, -0.2) is 0 Å². The van der Waals surface area contributed by atoms with Gasteiger partial charge in [-0.05, 0) is 25.1 Å². The highest BCUT2D eigenvalue weighted by molar-refractivity contribution is 5.88. The van der Waals surface area contributed by atoms with E-state index >= 15 is 0 Å². The quantitative estimate of drug-likeness (QED) is 0.104. The minimum absolute atomic E-state index is 0.0547. The van der Waals surface area contributed by atoms with Crippen LogP contribution in [0.15, 0.2) is 39.5 Å². The summed E-state index contributed by atoms with van der Waals surface area (Å²) in [6.45, 7) is 0.210. The largest absolute Gasteiger partial charge is 0.508 e. The van der Waals surface area contributed by atoms with Gasteiger partial charge in [0, 0.05) is 17.7 Å². The normalized spacial score (nSPS) is 36.3. The summed E-state index contributed by atoms with van der Waals surface area (Å²) in [6.07, 6.45) is -23.7. The Morgan fingerprint density at radius 3 is 2.21 bits per heavy atom. The fourth-order valence-corrected chi connectivity index (χ4v) is 6.19. The van der Waals surface area contributed by atoms with Crippen LogP contribution in [-0.4, -0.2) is 163 Å². The van der Waals surface area contributed by atoms with Crippen molar-refractivity contribution in [3.05, 3.63) is 40.6 Å². The molecule has 14 atom stereocenters. The van der Waals surface area contributed by atoms with Gasteiger partial charge >= 0.3 is 0 Å². The molecule has 20 nitrogen and oxygen atoms in total. The Labute approximate surface area is 298 Å². The summed E-state index contributed by atoms with van der Waals surface area (Å²) in [6, 6.07) is 5.70. The fourth-order valence-electron chi connectivity index (χ4n) is 6.19. The number of aliphatic hydroxyl groups excluding tert-OH is 8. The van der Waals surface area contributed by atoms with Crippen molar-refractivity contribution >= 4 is 11.0 Å². The first-order valence-electron chi connectivity index (χ1n) is 16.3. The lowest BCUT2D eigenvalue weighted by Crippen LogP contribution is -2.64. The molecule has 0 amide bonds. The zero-order valence-electron chi connectivity index (χ0n) is 28.0. The van der Waals surface area contributed by atoms with Gasteiger partial charge in [0.2, 0.25) is 17.5 Å². The van der Waals surface area contributed by atoms with E-state index in [1.807, 2.05) is 0 Å². The average Bonchev–Trinajstić information content (AvgIpc) is 3.12. The maximum Gasteiger partial charge on any atom is 0.239 e. The maximum atomic E-state index is 14.0. The van der Waals surface area contributed by atoms with Crippen LogP contribution in [0.2, 0.25) is 0 Å². The molecule has 3 aromatic rings. The van der Waals surface area contributed by atoms with Crippen LogP contribution in [0.25, 0.3) is 22.3 Å². The standard InChI is InChI=1S/C33H40O20/c1-10-20(38)24(42)26(44)31(49-10)48-9-18-22(40)29(52-32-25(43)21(39)15(37)8-47-32)27(45)33(51-18)53-30-23(41)19-14(36)6-12(34)7-17(19)50-28(30)11-3-4-13(35)16(5-11)46-2/h3-7,10,15,18,20-22,24-27,29,31-40,42-45H,8-9H2,1-2H3/t10-,15+,18+,20-,21-,22-,24+,25+,26+,27+,29-,31+,32-,33-/m0/s1. The second-order valence-electron chi connectivity index (χ2n) is 12.8. The van der Waals surface area contributed by atoms with E-state index in [0.29, 0.717) is 0 Å². The molecule has 0 saturated carbocycles. The van der Waals surface area contributed by atoms with Crippen LogP contribution in [0.3, 0.4) is 0 Å². The van der Waals surface area contributed by atoms with Crippen LogP contribution >= 0.6 is 0 Å². The van der Waals surface area contributed by atoms with Crippen molar-refractivity contribution in [3.8, 4) is 40.1 Å². The number of phenols is 3. The summed E-state index contributed by atoms with van der Waals surface area (Å²) in [4.78, 5) is 14.0. The van der Waals surface area contributed by atoms with E-state index in [1.165, 1.54) is 32.2 Å². The molecule has 1 aromatic heterocycles. The second-order valence-corrected chi connectivity index (χ2v) is 12.8. The van der Waals surface area contributed by atoms with Crippen LogP contribution < -0.4 is 14.9 Å². The van der Waals surface area contributed by atoms with Crippen molar-refractivity contribution in [2.45, 2.75) is 92.9 Å². The Balaban J connectivity index is 1.38. The minimum Gasteiger partial charge on any atom is -0.508 e. The van der Waals surface area contributed by atoms with E-state index in [1.54, 1.807) is 0 Å². The van der Waals surface area contributed by atoms with Gasteiger partial charge in [0.25, 0.3) is 0 Å². The molecule has 0 unspecified atom stereocenters. The van der Waals surface area contributed by atoms with E-state index < -0.39 is 127 Å². The number of hydrogen-bond acceptors (Lipinski definition) is 20. The Kier molecular flexibility index (Phi) is 11.3. The van der Waals surface area contributed by atoms with Gasteiger partial charge in [-0.2, -0.15) is 0 Å². The predicted octanol–water partition coefficient (Wildman–Crippen LogP) is -2.92. The van der Waals surface area contributed by atoms with Crippen LogP contribution in [0.4, 0.5) is 0 Å². The topological polar surface area (TPSA) is 317 Å². The predicted molar refractivity (Wildman–Crippen MR) is 172 cm³/mol. The molecule has 3 aliphatic heterocycles. The van der Waals surface area contributed by atoms with Crippen LogP contribution in [0.1, 0.15) is 6.92 Å². The van der Waals surface area contributed by atoms with E-state index in [9.17, 15) is 61.0 Å². The van der Waals surface area contributed by atoms with Gasteiger partial charge in [0.05, 0.1) is 26.4 Å². The van der Waals surface area contributed by atoms with Crippen LogP contribution in [0, 0.1) is 0 Å². The molecule has 292 valence electrons. The molecule has 53 heavy (non-hydrogen) atoms. The Hall–Kier alpha value is -3.87. The molecule has 4 heterocycles. The SMILES string of the molecule is COc1cc(-c2oc3cc(O)cc(O)c3c(=O)c2O[C@@H]2O[C@H](CO[C@@H]3O[C@@H](C)[C@H](O)[C@@H](O)[C@H]3O)[C@H](O)[C@H](O[C@@H]3OC[C@@H](O)[C@H](O)[C@H]3O)[C@H]2O)ccc1O. The molecule has 0 radical (unpaired) electrons. The first-order valence-corrected chi connectivity index (χ1v) is 16.3. The Morgan fingerprint density at radius 1 is 0.774 bits per heavy atom. The van der Waals surface area contributed by atoms with Gasteiger partial charge in [-0.15, -0.1) is 0 Å². The van der Waals surface area contributed by atoms with Crippen molar-refractivity contribution in [1.82, 2.24) is 0 Å². The highest BCUT2D eigenvalue weighted by Crippen LogP contribution is 2.40. The molecule has 6 rings (SSSR count). The third-order valence-electron chi connectivity index (χ3n) is 9.21. The zero-order chi connectivity index (χ0) is 38.5. The third kappa shape index (κ3) is 7.47. The number of hydrogen-bond donors (Lipinski definition) is 11. The summed E-state index contributed by atoms with van der Waals surface area (Å²) in [5, 5.41) is 115. The maximum absolute atomic E-state index is 14.0. The number of rotatable bonds is 9. The molecule has 3 aliphatic rings. The molecular formula is C33H40O20. The molecule has 3 fully saturated rings. The van der Waals surface area contributed by atoms with Crippen molar-refractivity contribution in [1.29, 1.82) is 0 Å². The first kappa shape index (κ1) is 38.8. The summed E-state index contributed by atoms with van der Waals surface area (Å²) in [5.74, 6) is -2.59. The Bertz CT molecular complexity index is 1820. The fraction of sp³-hybridized carbons (Fsp3) is 0.545. The summed E-state index contributed by atoms with van der Waals surface area (Å²) in [7, 11) is 1.26. The number of aromatic hydroxyl groups is 3. The number of aliphatic hydroxyl groups is 8. The average molecular weight is 757 g/mol. The van der Waals surface area contributed by atoms with Gasteiger partial charge in [-0.1, -0.05) is 0 Å². The monoisotopic (exact) mass is 756 g/mol. The molecule has 20 heteroatoms. The number of fused-ring (bicyclic) bond motifs is 1. The number of phenolic OH excluding ortho intramolecular Hbond substituents is 3. The van der Waals surface area contributed by atoms with E-state index in [-0.39, 0.29) is 28.4 Å². The van der Waals surface area contributed by atoms with Gasteiger partial charge in [0.1, 0.15) is 83.5 Å². The highest BCUT2D eigenvalue weighted by Gasteiger charge is 2.51. The molecule has 11 N–H and O–H groups in total. The molecule has 0 spiro atoms. The third-order valence-corrected chi connectivity index (χ3v) is 9.21. The van der Waals surface area contributed by atoms with E-state index in [0.717, 1.165) is 12.1 Å². The van der Waals surface area contributed by atoms with Crippen LogP contribution in [-0.2, 0) is 23.7 Å². The number of benzene rings is 2. The van der Waals surface area contributed by atoms with Gasteiger partial charge in [0.15, 0.2) is 29.8 Å². The minimum atomic E-state index is -2.06. The lowest BCUT2D eigenvalue weighted by Gasteiger charge is -2.45. The smallest absolute Gasteiger partial charge is 0.239 e. The first-order chi connectivity index (χ1) is 25.1. The number of ether oxygens (including phenoxy) is 7. The van der Waals surface area contributed by atoms with Crippen molar-refractivity contribution in [2.75, 3.05) is 20.3 Å². The number of methoxy groups -OCH3 is 1. The molecule has 0 bridgehead atoms. The van der Waals surface area contributed by atoms with Crippen molar-refractivity contribution < 1.29 is 93.7 Å². The highest BCUT2D eigenvalue weighted by atomic mass is 16.7.